The molecular weight excluding hydrogens is 391 g/mol. The molecule has 0 aliphatic carbocycles. The number of hydrogen-bond acceptors (Lipinski definition) is 6. The molecule has 1 N–H and O–H groups in total. The maximum atomic E-state index is 13.0. The standard InChI is InChI=1S/C17H21FN4O3S2/c1-21(17-19-8-11-26-17)16(23)12-22-9-6-14(7-10-22)20-27(24,25)15-4-2-13(18)3-5-15/h2-5,8,11,14,20H,6-7,9-10,12H2,1H3. The van der Waals surface area contributed by atoms with Gasteiger partial charge < -0.3 is 0 Å². The lowest BCUT2D eigenvalue weighted by molar-refractivity contribution is -0.119. The third-order valence-corrected chi connectivity index (χ3v) is 6.86. The third kappa shape index (κ3) is 5.10. The lowest BCUT2D eigenvalue weighted by Crippen LogP contribution is -2.47. The highest BCUT2D eigenvalue weighted by molar-refractivity contribution is 7.89. The number of carbonyl (C=O) groups is 1. The van der Waals surface area contributed by atoms with Gasteiger partial charge in [0.2, 0.25) is 15.9 Å². The number of amides is 1. The quantitative estimate of drug-likeness (QED) is 0.781. The Morgan fingerprint density at radius 2 is 2.00 bits per heavy atom. The van der Waals surface area contributed by atoms with Crippen LogP contribution in [-0.2, 0) is 14.8 Å². The van der Waals surface area contributed by atoms with Gasteiger partial charge in [0.15, 0.2) is 5.13 Å². The van der Waals surface area contributed by atoms with Crippen molar-refractivity contribution < 1.29 is 17.6 Å². The Balaban J connectivity index is 1.50. The van der Waals surface area contributed by atoms with E-state index in [4.69, 9.17) is 0 Å². The molecule has 0 radical (unpaired) electrons. The number of anilines is 1. The Kier molecular flexibility index (Phi) is 6.20. The molecule has 10 heteroatoms. The van der Waals surface area contributed by atoms with Crippen LogP contribution in [0.25, 0.3) is 0 Å². The summed E-state index contributed by atoms with van der Waals surface area (Å²) in [7, 11) is -1.98. The Hall–Kier alpha value is -1.88. The zero-order valence-electron chi connectivity index (χ0n) is 14.8. The van der Waals surface area contributed by atoms with E-state index in [0.29, 0.717) is 31.1 Å². The molecule has 27 heavy (non-hydrogen) atoms. The maximum absolute atomic E-state index is 13.0. The summed E-state index contributed by atoms with van der Waals surface area (Å²) in [5.41, 5.74) is 0. The van der Waals surface area contributed by atoms with E-state index in [0.717, 1.165) is 12.1 Å². The Morgan fingerprint density at radius 1 is 1.33 bits per heavy atom. The average Bonchev–Trinajstić information content (AvgIpc) is 3.17. The summed E-state index contributed by atoms with van der Waals surface area (Å²) >= 11 is 1.40. The molecule has 0 atom stereocenters. The van der Waals surface area contributed by atoms with E-state index >= 15 is 0 Å². The molecule has 2 aromatic rings. The second-order valence-corrected chi connectivity index (χ2v) is 8.98. The SMILES string of the molecule is CN(C(=O)CN1CCC(NS(=O)(=O)c2ccc(F)cc2)CC1)c1nccs1. The molecule has 0 saturated carbocycles. The van der Waals surface area contributed by atoms with E-state index in [1.807, 2.05) is 10.3 Å². The smallest absolute Gasteiger partial charge is 0.242 e. The van der Waals surface area contributed by atoms with Crippen LogP contribution in [0.1, 0.15) is 12.8 Å². The van der Waals surface area contributed by atoms with Crippen molar-refractivity contribution in [2.45, 2.75) is 23.8 Å². The fourth-order valence-corrected chi connectivity index (χ4v) is 4.83. The second-order valence-electron chi connectivity index (χ2n) is 6.39. The van der Waals surface area contributed by atoms with E-state index in [-0.39, 0.29) is 23.4 Å². The van der Waals surface area contributed by atoms with E-state index in [1.165, 1.54) is 28.4 Å². The first-order valence-corrected chi connectivity index (χ1v) is 10.9. The first-order chi connectivity index (χ1) is 12.8. The first-order valence-electron chi connectivity index (χ1n) is 8.51. The monoisotopic (exact) mass is 412 g/mol. The number of likely N-dealkylation sites (N-methyl/N-ethyl adjacent to an activating group) is 1. The minimum atomic E-state index is -3.68. The number of rotatable bonds is 6. The number of aromatic nitrogens is 1. The van der Waals surface area contributed by atoms with E-state index in [9.17, 15) is 17.6 Å². The van der Waals surface area contributed by atoms with E-state index in [1.54, 1.807) is 13.2 Å². The molecule has 0 unspecified atom stereocenters. The molecule has 1 amide bonds. The van der Waals surface area contributed by atoms with Gasteiger partial charge >= 0.3 is 0 Å². The normalized spacial score (nSPS) is 16.4. The molecule has 1 aliphatic rings. The van der Waals surface area contributed by atoms with Crippen LogP contribution in [0.2, 0.25) is 0 Å². The number of nitrogens with one attached hydrogen (secondary N) is 1. The van der Waals surface area contributed by atoms with Gasteiger partial charge in [-0.2, -0.15) is 0 Å². The van der Waals surface area contributed by atoms with E-state index < -0.39 is 15.8 Å². The highest BCUT2D eigenvalue weighted by Gasteiger charge is 2.26. The van der Waals surface area contributed by atoms with Gasteiger partial charge in [-0.1, -0.05) is 0 Å². The van der Waals surface area contributed by atoms with Crippen molar-refractivity contribution in [2.75, 3.05) is 31.6 Å². The zero-order chi connectivity index (χ0) is 19.4. The van der Waals surface area contributed by atoms with Gasteiger partial charge in [-0.25, -0.2) is 22.5 Å². The molecule has 1 fully saturated rings. The predicted molar refractivity (Wildman–Crippen MR) is 102 cm³/mol. The molecule has 3 rings (SSSR count). The van der Waals surface area contributed by atoms with Crippen molar-refractivity contribution in [3.8, 4) is 0 Å². The van der Waals surface area contributed by atoms with Crippen molar-refractivity contribution >= 4 is 32.4 Å². The number of piperidine rings is 1. The van der Waals surface area contributed by atoms with Gasteiger partial charge in [-0.3, -0.25) is 14.6 Å². The lowest BCUT2D eigenvalue weighted by atomic mass is 10.1. The molecule has 1 aromatic heterocycles. The molecule has 1 aromatic carbocycles. The van der Waals surface area contributed by atoms with Gasteiger partial charge in [0, 0.05) is 37.8 Å². The first kappa shape index (κ1) is 19.9. The number of likely N-dealkylation sites (tertiary alicyclic amines) is 1. The predicted octanol–water partition coefficient (Wildman–Crippen LogP) is 1.69. The number of nitrogens with zero attached hydrogens (tertiary/aromatic N) is 3. The molecule has 0 bridgehead atoms. The van der Waals surface area contributed by atoms with Crippen LogP contribution in [-0.4, -0.2) is 56.9 Å². The van der Waals surface area contributed by atoms with Crippen LogP contribution in [0.5, 0.6) is 0 Å². The largest absolute Gasteiger partial charge is 0.294 e. The lowest BCUT2D eigenvalue weighted by Gasteiger charge is -2.32. The molecule has 2 heterocycles. The van der Waals surface area contributed by atoms with Crippen molar-refractivity contribution in [1.82, 2.24) is 14.6 Å². The summed E-state index contributed by atoms with van der Waals surface area (Å²) in [6.45, 7) is 1.51. The van der Waals surface area contributed by atoms with Crippen LogP contribution in [0.4, 0.5) is 9.52 Å². The summed E-state index contributed by atoms with van der Waals surface area (Å²) in [4.78, 5) is 20.1. The Bertz CT molecular complexity index is 864. The van der Waals surface area contributed by atoms with Gasteiger partial charge in [0.1, 0.15) is 5.82 Å². The number of hydrogen-bond donors (Lipinski definition) is 1. The minimum absolute atomic E-state index is 0.0460. The van der Waals surface area contributed by atoms with Gasteiger partial charge in [0.05, 0.1) is 11.4 Å². The molecule has 0 spiro atoms. The van der Waals surface area contributed by atoms with Crippen molar-refractivity contribution in [1.29, 1.82) is 0 Å². The van der Waals surface area contributed by atoms with Crippen LogP contribution in [0, 0.1) is 5.82 Å². The van der Waals surface area contributed by atoms with Gasteiger partial charge in [0.25, 0.3) is 0 Å². The topological polar surface area (TPSA) is 82.6 Å². The Labute approximate surface area is 161 Å². The summed E-state index contributed by atoms with van der Waals surface area (Å²) in [5.74, 6) is -0.523. The number of carbonyl (C=O) groups excluding carboxylic acids is 1. The van der Waals surface area contributed by atoms with Crippen LogP contribution < -0.4 is 9.62 Å². The van der Waals surface area contributed by atoms with Crippen molar-refractivity contribution in [3.63, 3.8) is 0 Å². The number of halogens is 1. The summed E-state index contributed by atoms with van der Waals surface area (Å²) in [5, 5.41) is 2.47. The minimum Gasteiger partial charge on any atom is -0.294 e. The van der Waals surface area contributed by atoms with Crippen LogP contribution in [0.3, 0.4) is 0 Å². The summed E-state index contributed by atoms with van der Waals surface area (Å²) in [6.07, 6.45) is 2.87. The average molecular weight is 413 g/mol. The highest BCUT2D eigenvalue weighted by atomic mass is 32.2. The molecule has 7 nitrogen and oxygen atoms in total. The Morgan fingerprint density at radius 3 is 2.59 bits per heavy atom. The fourth-order valence-electron chi connectivity index (χ4n) is 2.90. The van der Waals surface area contributed by atoms with E-state index in [2.05, 4.69) is 9.71 Å². The molecule has 1 aliphatic heterocycles. The van der Waals surface area contributed by atoms with Crippen molar-refractivity contribution in [2.24, 2.45) is 0 Å². The number of sulfonamides is 1. The fraction of sp³-hybridized carbons (Fsp3) is 0.412. The van der Waals surface area contributed by atoms with Crippen molar-refractivity contribution in [3.05, 3.63) is 41.7 Å². The molecule has 146 valence electrons. The second kappa shape index (κ2) is 8.42. The molecular formula is C17H21FN4O3S2. The number of thiazole rings is 1. The summed E-state index contributed by atoms with van der Waals surface area (Å²) in [6, 6.07) is 4.55. The maximum Gasteiger partial charge on any atom is 0.242 e. The molecule has 1 saturated heterocycles. The third-order valence-electron chi connectivity index (χ3n) is 4.47. The van der Waals surface area contributed by atoms with Gasteiger partial charge in [-0.15, -0.1) is 11.3 Å². The van der Waals surface area contributed by atoms with Crippen LogP contribution in [0.15, 0.2) is 40.7 Å². The highest BCUT2D eigenvalue weighted by Crippen LogP contribution is 2.18. The summed E-state index contributed by atoms with van der Waals surface area (Å²) < 4.78 is 40.4. The number of benzene rings is 1. The van der Waals surface area contributed by atoms with Crippen LogP contribution >= 0.6 is 11.3 Å². The van der Waals surface area contributed by atoms with Gasteiger partial charge in [-0.05, 0) is 37.1 Å². The zero-order valence-corrected chi connectivity index (χ0v) is 16.5.